The average Bonchev–Trinajstić information content (AvgIpc) is 2.96. The number of phenolic OH excluding ortho intramolecular Hbond substituents is 1. The highest BCUT2D eigenvalue weighted by Gasteiger charge is 2.31. The van der Waals surface area contributed by atoms with Crippen LogP contribution in [0.4, 0.5) is 0 Å². The van der Waals surface area contributed by atoms with Crippen LogP contribution in [0.25, 0.3) is 6.08 Å². The smallest absolute Gasteiger partial charge is 0.231 e. The van der Waals surface area contributed by atoms with Crippen molar-refractivity contribution in [2.75, 3.05) is 26.3 Å². The molecule has 2 aromatic carbocycles. The summed E-state index contributed by atoms with van der Waals surface area (Å²) >= 11 is 0. The maximum Gasteiger partial charge on any atom is 0.231 e. The Morgan fingerprint density at radius 1 is 1.12 bits per heavy atom. The van der Waals surface area contributed by atoms with Crippen LogP contribution in [0.1, 0.15) is 27.0 Å². The van der Waals surface area contributed by atoms with Gasteiger partial charge >= 0.3 is 0 Å². The van der Waals surface area contributed by atoms with Crippen LogP contribution in [0.5, 0.6) is 11.5 Å². The van der Waals surface area contributed by atoms with E-state index in [-0.39, 0.29) is 17.3 Å². The monoisotopic (exact) mass is 351 g/mol. The zero-order valence-electron chi connectivity index (χ0n) is 14.7. The first-order valence-electron chi connectivity index (χ1n) is 8.77. The molecule has 0 amide bonds. The Bertz CT molecular complexity index is 864. The third-order valence-corrected chi connectivity index (χ3v) is 4.78. The predicted molar refractivity (Wildman–Crippen MR) is 98.3 cm³/mol. The number of benzene rings is 2. The van der Waals surface area contributed by atoms with Crippen LogP contribution in [0.2, 0.25) is 0 Å². The zero-order chi connectivity index (χ0) is 18.1. The molecule has 0 unspecified atom stereocenters. The molecule has 1 fully saturated rings. The number of aromatic hydroxyl groups is 1. The Balaban J connectivity index is 1.64. The lowest BCUT2D eigenvalue weighted by Gasteiger charge is -2.27. The Morgan fingerprint density at radius 2 is 1.85 bits per heavy atom. The van der Waals surface area contributed by atoms with Crippen LogP contribution in [0, 0.1) is 6.92 Å². The predicted octanol–water partition coefficient (Wildman–Crippen LogP) is 3.15. The van der Waals surface area contributed by atoms with Gasteiger partial charge in [-0.1, -0.05) is 29.8 Å². The van der Waals surface area contributed by atoms with Gasteiger partial charge < -0.3 is 14.6 Å². The summed E-state index contributed by atoms with van der Waals surface area (Å²) in [5.41, 5.74) is 3.23. The van der Waals surface area contributed by atoms with Crippen LogP contribution in [-0.4, -0.2) is 42.1 Å². The van der Waals surface area contributed by atoms with Gasteiger partial charge in [-0.05, 0) is 30.7 Å². The second-order valence-electron chi connectivity index (χ2n) is 6.68. The number of phenols is 1. The number of nitrogens with zero attached hydrogens (tertiary/aromatic N) is 1. The van der Waals surface area contributed by atoms with E-state index in [0.717, 1.165) is 24.2 Å². The topological polar surface area (TPSA) is 59.0 Å². The molecular weight excluding hydrogens is 330 g/mol. The fourth-order valence-electron chi connectivity index (χ4n) is 3.25. The number of hydrogen-bond donors (Lipinski definition) is 1. The van der Waals surface area contributed by atoms with Crippen molar-refractivity contribution < 1.29 is 19.4 Å². The zero-order valence-corrected chi connectivity index (χ0v) is 14.7. The van der Waals surface area contributed by atoms with Gasteiger partial charge in [0.05, 0.1) is 24.3 Å². The van der Waals surface area contributed by atoms with Gasteiger partial charge in [0.2, 0.25) is 5.78 Å². The fourth-order valence-corrected chi connectivity index (χ4v) is 3.25. The molecule has 0 atom stereocenters. The standard InChI is InChI=1S/C21H21NO4/c1-14-2-4-15(5-3-14)12-19-20(24)16-6-7-18(23)17(21(16)26-19)13-22-8-10-25-11-9-22/h2-7,12,23H,8-11,13H2,1H3/b19-12-. The first-order valence-corrected chi connectivity index (χ1v) is 8.77. The van der Waals surface area contributed by atoms with Gasteiger partial charge in [0, 0.05) is 19.6 Å². The van der Waals surface area contributed by atoms with Crippen LogP contribution in [0.3, 0.4) is 0 Å². The number of aryl methyl sites for hydroxylation is 1. The highest BCUT2D eigenvalue weighted by molar-refractivity contribution is 6.15. The molecule has 2 aliphatic heterocycles. The first-order chi connectivity index (χ1) is 12.6. The minimum atomic E-state index is -0.149. The average molecular weight is 351 g/mol. The van der Waals surface area contributed by atoms with Gasteiger partial charge in [0.1, 0.15) is 11.5 Å². The summed E-state index contributed by atoms with van der Waals surface area (Å²) in [7, 11) is 0. The van der Waals surface area contributed by atoms with E-state index in [1.165, 1.54) is 0 Å². The van der Waals surface area contributed by atoms with Gasteiger partial charge in [-0.3, -0.25) is 9.69 Å². The van der Waals surface area contributed by atoms with Gasteiger partial charge in [-0.15, -0.1) is 0 Å². The third-order valence-electron chi connectivity index (χ3n) is 4.78. The van der Waals surface area contributed by atoms with E-state index in [0.29, 0.717) is 36.6 Å². The molecule has 1 N–H and O–H groups in total. The van der Waals surface area contributed by atoms with Crippen molar-refractivity contribution in [1.82, 2.24) is 4.90 Å². The molecule has 2 heterocycles. The minimum Gasteiger partial charge on any atom is -0.507 e. The second-order valence-corrected chi connectivity index (χ2v) is 6.68. The largest absolute Gasteiger partial charge is 0.507 e. The van der Waals surface area contributed by atoms with Crippen molar-refractivity contribution in [1.29, 1.82) is 0 Å². The number of carbonyl (C=O) groups excluding carboxylic acids is 1. The molecule has 134 valence electrons. The molecule has 2 aromatic rings. The summed E-state index contributed by atoms with van der Waals surface area (Å²) < 4.78 is 11.3. The highest BCUT2D eigenvalue weighted by atomic mass is 16.5. The normalized spacial score (nSPS) is 18.8. The third kappa shape index (κ3) is 3.23. The molecule has 0 aliphatic carbocycles. The molecule has 1 saturated heterocycles. The van der Waals surface area contributed by atoms with Gasteiger partial charge in [-0.25, -0.2) is 0 Å². The van der Waals surface area contributed by atoms with Crippen LogP contribution in [0.15, 0.2) is 42.2 Å². The number of ketones is 1. The summed E-state index contributed by atoms with van der Waals surface area (Å²) in [5, 5.41) is 10.3. The van der Waals surface area contributed by atoms with Crippen molar-refractivity contribution in [2.45, 2.75) is 13.5 Å². The quantitative estimate of drug-likeness (QED) is 0.861. The lowest BCUT2D eigenvalue weighted by atomic mass is 10.0. The van der Waals surface area contributed by atoms with Gasteiger partial charge in [0.15, 0.2) is 5.76 Å². The molecular formula is C21H21NO4. The van der Waals surface area contributed by atoms with E-state index in [1.807, 2.05) is 31.2 Å². The molecule has 0 aromatic heterocycles. The minimum absolute atomic E-state index is 0.149. The summed E-state index contributed by atoms with van der Waals surface area (Å²) in [4.78, 5) is 14.9. The van der Waals surface area contributed by atoms with Gasteiger partial charge in [0.25, 0.3) is 0 Å². The summed E-state index contributed by atoms with van der Waals surface area (Å²) in [6.07, 6.45) is 1.75. The highest BCUT2D eigenvalue weighted by Crippen LogP contribution is 2.40. The van der Waals surface area contributed by atoms with Crippen LogP contribution in [-0.2, 0) is 11.3 Å². The van der Waals surface area contributed by atoms with Gasteiger partial charge in [-0.2, -0.15) is 0 Å². The Morgan fingerprint density at radius 3 is 2.58 bits per heavy atom. The lowest BCUT2D eigenvalue weighted by molar-refractivity contribution is 0.0336. The van der Waals surface area contributed by atoms with E-state index in [2.05, 4.69) is 4.90 Å². The van der Waals surface area contributed by atoms with Crippen LogP contribution >= 0.6 is 0 Å². The van der Waals surface area contributed by atoms with Crippen molar-refractivity contribution >= 4 is 11.9 Å². The van der Waals surface area contributed by atoms with Crippen molar-refractivity contribution in [3.05, 3.63) is 64.4 Å². The molecule has 0 radical (unpaired) electrons. The Labute approximate surface area is 152 Å². The maximum absolute atomic E-state index is 12.7. The number of hydrogen-bond acceptors (Lipinski definition) is 5. The molecule has 4 rings (SSSR count). The SMILES string of the molecule is Cc1ccc(/C=C2\Oc3c(ccc(O)c3CN3CCOCC3)C2=O)cc1. The van der Waals surface area contributed by atoms with E-state index < -0.39 is 0 Å². The summed E-state index contributed by atoms with van der Waals surface area (Å²) in [6.45, 7) is 5.49. The van der Waals surface area contributed by atoms with Crippen molar-refractivity contribution in [3.8, 4) is 11.5 Å². The molecule has 0 spiro atoms. The van der Waals surface area contributed by atoms with Crippen LogP contribution < -0.4 is 4.74 Å². The van der Waals surface area contributed by atoms with E-state index in [9.17, 15) is 9.90 Å². The second kappa shape index (κ2) is 6.94. The number of carbonyl (C=O) groups is 1. The Hall–Kier alpha value is -2.63. The molecule has 26 heavy (non-hydrogen) atoms. The fraction of sp³-hybridized carbons (Fsp3) is 0.286. The maximum atomic E-state index is 12.7. The molecule has 5 nitrogen and oxygen atoms in total. The number of fused-ring (bicyclic) bond motifs is 1. The summed E-state index contributed by atoms with van der Waals surface area (Å²) in [6, 6.07) is 11.1. The van der Waals surface area contributed by atoms with Crippen molar-refractivity contribution in [3.63, 3.8) is 0 Å². The van der Waals surface area contributed by atoms with E-state index in [4.69, 9.17) is 9.47 Å². The molecule has 5 heteroatoms. The lowest BCUT2D eigenvalue weighted by Crippen LogP contribution is -2.35. The number of rotatable bonds is 3. The van der Waals surface area contributed by atoms with E-state index >= 15 is 0 Å². The number of morpholine rings is 1. The van der Waals surface area contributed by atoms with Crippen molar-refractivity contribution in [2.24, 2.45) is 0 Å². The molecule has 2 aliphatic rings. The van der Waals surface area contributed by atoms with E-state index in [1.54, 1.807) is 18.2 Å². The Kier molecular flexibility index (Phi) is 4.49. The number of allylic oxidation sites excluding steroid dienone is 1. The molecule has 0 saturated carbocycles. The number of Topliss-reactive ketones (excluding diaryl/α,β-unsaturated/α-hetero) is 1. The molecule has 0 bridgehead atoms. The number of ether oxygens (including phenoxy) is 2. The summed E-state index contributed by atoms with van der Waals surface area (Å²) in [5.74, 6) is 0.765. The first kappa shape index (κ1) is 16.8.